The van der Waals surface area contributed by atoms with Crippen LogP contribution >= 0.6 is 0 Å². The number of halogens is 2. The maximum absolute atomic E-state index is 13.7. The van der Waals surface area contributed by atoms with Gasteiger partial charge in [-0.3, -0.25) is 4.98 Å². The Morgan fingerprint density at radius 1 is 1.24 bits per heavy atom. The van der Waals surface area contributed by atoms with E-state index in [2.05, 4.69) is 9.71 Å². The van der Waals surface area contributed by atoms with E-state index in [1.54, 1.807) is 12.1 Å². The summed E-state index contributed by atoms with van der Waals surface area (Å²) in [7, 11) is -4.19. The van der Waals surface area contributed by atoms with Gasteiger partial charge < -0.3 is 5.73 Å². The summed E-state index contributed by atoms with van der Waals surface area (Å²) in [6.45, 7) is -0.174. The second-order valence-corrected chi connectivity index (χ2v) is 6.02. The lowest BCUT2D eigenvalue weighted by atomic mass is 10.2. The molecule has 0 saturated carbocycles. The van der Waals surface area contributed by atoms with Crippen LogP contribution in [0.2, 0.25) is 0 Å². The average molecular weight is 313 g/mol. The number of benzene rings is 1. The molecule has 21 heavy (non-hydrogen) atoms. The number of nitrogens with zero attached hydrogens (tertiary/aromatic N) is 1. The molecule has 112 valence electrons. The van der Waals surface area contributed by atoms with Crippen LogP contribution < -0.4 is 10.5 Å². The van der Waals surface area contributed by atoms with Crippen LogP contribution in [0.5, 0.6) is 0 Å². The van der Waals surface area contributed by atoms with E-state index in [0.29, 0.717) is 5.56 Å². The van der Waals surface area contributed by atoms with Crippen LogP contribution in [0.15, 0.2) is 41.6 Å². The Hall–Kier alpha value is -1.90. The molecule has 0 saturated heterocycles. The Kier molecular flexibility index (Phi) is 4.61. The standard InChI is InChI=1S/C13H13F2N3O2S/c14-11-4-10(6-16)5-12(13(11)15)21(19,20)18-8-9-2-1-3-17-7-9/h1-5,7,18H,6,8,16H2. The molecular weight excluding hydrogens is 300 g/mol. The van der Waals surface area contributed by atoms with Gasteiger partial charge in [-0.15, -0.1) is 0 Å². The van der Waals surface area contributed by atoms with Crippen molar-refractivity contribution in [3.05, 3.63) is 59.4 Å². The van der Waals surface area contributed by atoms with Gasteiger partial charge in [0.05, 0.1) is 0 Å². The molecule has 0 fully saturated rings. The van der Waals surface area contributed by atoms with Crippen molar-refractivity contribution in [2.75, 3.05) is 0 Å². The van der Waals surface area contributed by atoms with E-state index in [4.69, 9.17) is 5.73 Å². The Labute approximate surface area is 120 Å². The maximum Gasteiger partial charge on any atom is 0.243 e. The minimum absolute atomic E-state index is 0.0793. The number of nitrogens with two attached hydrogens (primary N) is 1. The fourth-order valence-electron chi connectivity index (χ4n) is 1.69. The summed E-state index contributed by atoms with van der Waals surface area (Å²) >= 11 is 0. The minimum atomic E-state index is -4.19. The first-order valence-corrected chi connectivity index (χ1v) is 7.49. The number of rotatable bonds is 5. The zero-order chi connectivity index (χ0) is 15.5. The zero-order valence-electron chi connectivity index (χ0n) is 10.9. The molecule has 0 radical (unpaired) electrons. The third kappa shape index (κ3) is 3.60. The molecule has 0 aliphatic rings. The highest BCUT2D eigenvalue weighted by Crippen LogP contribution is 2.20. The average Bonchev–Trinajstić information content (AvgIpc) is 2.48. The van der Waals surface area contributed by atoms with Crippen molar-refractivity contribution in [2.24, 2.45) is 5.73 Å². The predicted molar refractivity (Wildman–Crippen MR) is 72.5 cm³/mol. The highest BCUT2D eigenvalue weighted by molar-refractivity contribution is 7.89. The van der Waals surface area contributed by atoms with E-state index in [0.717, 1.165) is 12.1 Å². The summed E-state index contributed by atoms with van der Waals surface area (Å²) < 4.78 is 53.4. The normalized spacial score (nSPS) is 11.6. The van der Waals surface area contributed by atoms with Crippen molar-refractivity contribution >= 4 is 10.0 Å². The van der Waals surface area contributed by atoms with Crippen molar-refractivity contribution in [1.82, 2.24) is 9.71 Å². The van der Waals surface area contributed by atoms with E-state index in [1.807, 2.05) is 0 Å². The van der Waals surface area contributed by atoms with Gasteiger partial charge in [-0.05, 0) is 29.3 Å². The highest BCUT2D eigenvalue weighted by Gasteiger charge is 2.22. The SMILES string of the molecule is NCc1cc(F)c(F)c(S(=O)(=O)NCc2cccnc2)c1. The van der Waals surface area contributed by atoms with Crippen LogP contribution in [0.4, 0.5) is 8.78 Å². The van der Waals surface area contributed by atoms with E-state index in [-0.39, 0.29) is 18.7 Å². The fourth-order valence-corrected chi connectivity index (χ4v) is 2.84. The van der Waals surface area contributed by atoms with Crippen molar-refractivity contribution in [3.8, 4) is 0 Å². The first-order chi connectivity index (χ1) is 9.94. The van der Waals surface area contributed by atoms with E-state index >= 15 is 0 Å². The number of pyridine rings is 1. The van der Waals surface area contributed by atoms with E-state index in [1.165, 1.54) is 12.4 Å². The molecule has 0 atom stereocenters. The van der Waals surface area contributed by atoms with Gasteiger partial charge in [0.25, 0.3) is 0 Å². The molecule has 5 nitrogen and oxygen atoms in total. The monoisotopic (exact) mass is 313 g/mol. The highest BCUT2D eigenvalue weighted by atomic mass is 32.2. The molecule has 0 bridgehead atoms. The van der Waals surface area contributed by atoms with Crippen LogP contribution in [-0.2, 0) is 23.1 Å². The number of sulfonamides is 1. The van der Waals surface area contributed by atoms with Gasteiger partial charge in [-0.2, -0.15) is 0 Å². The summed E-state index contributed by atoms with van der Waals surface area (Å²) in [6, 6.07) is 5.18. The van der Waals surface area contributed by atoms with E-state index in [9.17, 15) is 17.2 Å². The number of hydrogen-bond acceptors (Lipinski definition) is 4. The molecule has 2 aromatic rings. The van der Waals surface area contributed by atoms with Crippen molar-refractivity contribution in [3.63, 3.8) is 0 Å². The van der Waals surface area contributed by atoms with Crippen LogP contribution in [-0.4, -0.2) is 13.4 Å². The second-order valence-electron chi connectivity index (χ2n) is 4.28. The predicted octanol–water partition coefficient (Wildman–Crippen LogP) is 1.30. The molecule has 0 unspecified atom stereocenters. The first-order valence-electron chi connectivity index (χ1n) is 6.00. The molecule has 8 heteroatoms. The van der Waals surface area contributed by atoms with Crippen LogP contribution in [0, 0.1) is 11.6 Å². The molecule has 0 aliphatic carbocycles. The molecule has 0 amide bonds. The van der Waals surface area contributed by atoms with Crippen LogP contribution in [0.25, 0.3) is 0 Å². The zero-order valence-corrected chi connectivity index (χ0v) is 11.7. The number of hydrogen-bond donors (Lipinski definition) is 2. The third-order valence-electron chi connectivity index (χ3n) is 2.77. The molecule has 0 aliphatic heterocycles. The largest absolute Gasteiger partial charge is 0.326 e. The van der Waals surface area contributed by atoms with Crippen molar-refractivity contribution < 1.29 is 17.2 Å². The van der Waals surface area contributed by atoms with E-state index < -0.39 is 26.6 Å². The minimum Gasteiger partial charge on any atom is -0.326 e. The van der Waals surface area contributed by atoms with Gasteiger partial charge in [-0.25, -0.2) is 21.9 Å². The Bertz CT molecular complexity index is 737. The lowest BCUT2D eigenvalue weighted by Crippen LogP contribution is -2.25. The van der Waals surface area contributed by atoms with Gasteiger partial charge in [0.15, 0.2) is 11.6 Å². The summed E-state index contributed by atoms with van der Waals surface area (Å²) in [6.07, 6.45) is 3.01. The Morgan fingerprint density at radius 3 is 2.62 bits per heavy atom. The fraction of sp³-hybridized carbons (Fsp3) is 0.154. The first kappa shape index (κ1) is 15.5. The van der Waals surface area contributed by atoms with Gasteiger partial charge >= 0.3 is 0 Å². The summed E-state index contributed by atoms with van der Waals surface area (Å²) in [5, 5.41) is 0. The Morgan fingerprint density at radius 2 is 2.00 bits per heavy atom. The summed E-state index contributed by atoms with van der Waals surface area (Å²) in [4.78, 5) is 3.07. The van der Waals surface area contributed by atoms with Crippen molar-refractivity contribution in [1.29, 1.82) is 0 Å². The summed E-state index contributed by atoms with van der Waals surface area (Å²) in [5.41, 5.74) is 6.12. The molecular formula is C13H13F2N3O2S. The Balaban J connectivity index is 2.29. The molecule has 1 aromatic heterocycles. The third-order valence-corrected chi connectivity index (χ3v) is 4.17. The van der Waals surface area contributed by atoms with Gasteiger partial charge in [-0.1, -0.05) is 6.07 Å². The lowest BCUT2D eigenvalue weighted by Gasteiger charge is -2.09. The lowest BCUT2D eigenvalue weighted by molar-refractivity contribution is 0.481. The van der Waals surface area contributed by atoms with Crippen molar-refractivity contribution in [2.45, 2.75) is 18.0 Å². The molecule has 0 spiro atoms. The van der Waals surface area contributed by atoms with Gasteiger partial charge in [0.2, 0.25) is 10.0 Å². The molecule has 2 rings (SSSR count). The molecule has 1 heterocycles. The second kappa shape index (κ2) is 6.25. The van der Waals surface area contributed by atoms with Crippen LogP contribution in [0.1, 0.15) is 11.1 Å². The molecule has 3 N–H and O–H groups in total. The van der Waals surface area contributed by atoms with Gasteiger partial charge in [0, 0.05) is 25.5 Å². The van der Waals surface area contributed by atoms with Crippen LogP contribution in [0.3, 0.4) is 0 Å². The number of nitrogens with one attached hydrogen (secondary N) is 1. The smallest absolute Gasteiger partial charge is 0.243 e. The quantitative estimate of drug-likeness (QED) is 0.871. The maximum atomic E-state index is 13.7. The molecule has 1 aromatic carbocycles. The van der Waals surface area contributed by atoms with Gasteiger partial charge in [0.1, 0.15) is 4.90 Å². The number of aromatic nitrogens is 1. The summed E-state index contributed by atoms with van der Waals surface area (Å²) in [5.74, 6) is -2.68. The topological polar surface area (TPSA) is 85.1 Å².